The molecule has 2 unspecified atom stereocenters. The van der Waals surface area contributed by atoms with Crippen LogP contribution in [0.15, 0.2) is 152 Å². The molecule has 3 saturated heterocycles. The number of aromatic nitrogens is 3. The first-order valence-electron chi connectivity index (χ1n) is 36.2. The van der Waals surface area contributed by atoms with Crippen LogP contribution in [0.2, 0.25) is 0 Å². The van der Waals surface area contributed by atoms with Crippen LogP contribution in [0, 0.1) is 29.3 Å². The number of amidine groups is 3. The second-order valence-corrected chi connectivity index (χ2v) is 32.0. The molecule has 3 aromatic heterocycles. The summed E-state index contributed by atoms with van der Waals surface area (Å²) in [5, 5.41) is 45.3. The number of rotatable bonds is 27. The molecule has 10 atom stereocenters. The minimum absolute atomic E-state index is 0.00303. The van der Waals surface area contributed by atoms with E-state index < -0.39 is 71.4 Å². The van der Waals surface area contributed by atoms with E-state index in [9.17, 15) is 57.3 Å². The van der Waals surface area contributed by atoms with Crippen molar-refractivity contribution in [2.45, 2.75) is 123 Å². The van der Waals surface area contributed by atoms with Gasteiger partial charge in [0.05, 0.1) is 81.1 Å². The van der Waals surface area contributed by atoms with E-state index in [1.165, 1.54) is 70.4 Å². The van der Waals surface area contributed by atoms with Crippen molar-refractivity contribution in [2.24, 2.45) is 26.8 Å². The van der Waals surface area contributed by atoms with Crippen molar-refractivity contribution < 1.29 is 85.7 Å². The first-order valence-corrected chi connectivity index (χ1v) is 41.3. The lowest BCUT2D eigenvalue weighted by atomic mass is 9.90. The fraction of sp³-hybridized carbons (Fsp3) is 0.447. The first-order chi connectivity index (χ1) is 53.7. The number of thiazole rings is 3. The monoisotopic (exact) mass is 1800 g/mol. The third kappa shape index (κ3) is 22.3. The van der Waals surface area contributed by atoms with E-state index in [-0.39, 0.29) is 81.3 Å². The Morgan fingerprint density at radius 1 is 0.536 bits per heavy atom. The molecule has 3 fully saturated rings. The number of ether oxygens (including phenoxy) is 6. The van der Waals surface area contributed by atoms with Gasteiger partial charge in [-0.3, -0.25) is 44.1 Å². The zero-order valence-corrected chi connectivity index (χ0v) is 69.4. The highest BCUT2D eigenvalue weighted by Crippen LogP contribution is 2.42. The predicted molar refractivity (Wildman–Crippen MR) is 424 cm³/mol. The van der Waals surface area contributed by atoms with Crippen molar-refractivity contribution in [3.63, 3.8) is 0 Å². The maximum atomic E-state index is 14.0. The zero-order valence-electron chi connectivity index (χ0n) is 62.2. The number of carbonyl (C=O) groups is 6. The number of aliphatic imine (C=N–C) groups is 3. The van der Waals surface area contributed by atoms with E-state index >= 15 is 0 Å². The standard InChI is InChI=1S/C26H30BrFN4O5S.2C25H28BrFN4O5S/c1-4-36-26(35)21-19(13-32-8-9-37-15(3)23(32)14(2)11-20(33)34)30-24(25-29-7-10-38-25)31-22(21)17-6-5-16(28)12-18(17)27;1-3-35-25(34)21-18(12-31-7-8-36-19(13-31)14(2)10-20(32)33)29-23(24-28-6-9-37-24)30-22(21)16-5-4-15(27)11-17(16)26;1-3-35-25(34)21-18(13-31-9-10-36-14(2)19(31)6-7-20(32)33)29-23(24-28-8-11-37-24)30-22(21)16-5-4-15(27)12-17(16)26/h5-7,10,12,14-15,22-23H,4,8-9,11,13H2,1-3H3,(H,30,31)(H,33,34);4-6,9,11,14,19,22H,3,7-8,10,12-13H2,1-2H3,(H,29,30)(H,32,33);4-5,8,11-12,14,19,22H,3,6-7,9-10,13H2,1-2H3,(H,29,30)(H,32,33)/t14?,15-,22+,23-;14?,19-,22-;14-,19-,22+/m101/s1. The summed E-state index contributed by atoms with van der Waals surface area (Å²) in [6, 6.07) is 10.1. The molecule has 6 N–H and O–H groups in total. The van der Waals surface area contributed by atoms with E-state index in [2.05, 4.69) is 93.4 Å². The summed E-state index contributed by atoms with van der Waals surface area (Å²) in [6.45, 7) is 17.9. The predicted octanol–water partition coefficient (Wildman–Crippen LogP) is 11.8. The number of esters is 3. The van der Waals surface area contributed by atoms with E-state index in [1.54, 1.807) is 57.6 Å². The number of hydrogen-bond acceptors (Lipinski definition) is 27. The van der Waals surface area contributed by atoms with Crippen LogP contribution < -0.4 is 16.0 Å². The van der Waals surface area contributed by atoms with Crippen LogP contribution >= 0.6 is 81.8 Å². The quantitative estimate of drug-likeness (QED) is 0.0206. The lowest BCUT2D eigenvalue weighted by Gasteiger charge is -2.43. The molecule has 0 amide bonds. The Bertz CT molecular complexity index is 4540. The number of halogens is 6. The van der Waals surface area contributed by atoms with Gasteiger partial charge in [0.25, 0.3) is 0 Å². The second-order valence-electron chi connectivity index (χ2n) is 26.7. The summed E-state index contributed by atoms with van der Waals surface area (Å²) < 4.78 is 77.1. The van der Waals surface area contributed by atoms with Gasteiger partial charge in [-0.15, -0.1) is 34.0 Å². The summed E-state index contributed by atoms with van der Waals surface area (Å²) in [6.07, 6.45) is 4.77. The summed E-state index contributed by atoms with van der Waals surface area (Å²) >= 11 is 14.5. The fourth-order valence-corrected chi connectivity index (χ4v) is 17.5. The minimum atomic E-state index is -0.878. The summed E-state index contributed by atoms with van der Waals surface area (Å²) in [5.41, 5.74) is 4.54. The molecule has 9 heterocycles. The Morgan fingerprint density at radius 3 is 1.30 bits per heavy atom. The van der Waals surface area contributed by atoms with Gasteiger partial charge in [-0.1, -0.05) is 79.8 Å². The molecule has 12 rings (SSSR count). The molecule has 6 aliphatic heterocycles. The number of nitrogens with zero attached hydrogens (tertiary/aromatic N) is 9. The maximum Gasteiger partial charge on any atom is 0.338 e. The summed E-state index contributed by atoms with van der Waals surface area (Å²) in [4.78, 5) is 108. The molecule has 6 aliphatic rings. The molecule has 27 nitrogen and oxygen atoms in total. The topological polar surface area (TPSA) is 340 Å². The molecule has 0 saturated carbocycles. The van der Waals surface area contributed by atoms with Gasteiger partial charge < -0.3 is 59.7 Å². The Kier molecular flexibility index (Phi) is 31.5. The molecule has 600 valence electrons. The molecule has 0 bridgehead atoms. The summed E-state index contributed by atoms with van der Waals surface area (Å²) in [5.74, 6) is -4.35. The van der Waals surface area contributed by atoms with Gasteiger partial charge in [0.15, 0.2) is 32.5 Å². The minimum Gasteiger partial charge on any atom is -0.481 e. The average Bonchev–Trinajstić information content (AvgIpc) is 0.887. The molecular weight excluding hydrogens is 1710 g/mol. The molecule has 3 aromatic carbocycles. The Hall–Kier alpha value is -8.01. The van der Waals surface area contributed by atoms with Crippen molar-refractivity contribution in [2.75, 3.05) is 85.5 Å². The van der Waals surface area contributed by atoms with Crippen LogP contribution in [-0.2, 0) is 57.2 Å². The van der Waals surface area contributed by atoms with Gasteiger partial charge in [0.1, 0.15) is 35.6 Å². The van der Waals surface area contributed by atoms with E-state index in [0.717, 1.165) is 0 Å². The SMILES string of the molecule is CCOC(=O)C1=C(CN2CCO[C@H](C(C)CC(=O)O)C2)NC(c2nccs2)=N[C@H]1c1ccc(F)cc1Br.CCOC(=O)C1=C(CN2CCO[C@H](C)[C@H]2C(C)CC(=O)O)NC(c2nccs2)=N[C@H]1c1ccc(F)cc1Br.CCOC(=O)C1=C(CN2CCO[C@H](C)[C@H]2CCC(=O)O)NC(c2nccs2)=N[C@H]1c1ccc(F)cc1Br. The number of benzene rings is 3. The van der Waals surface area contributed by atoms with E-state index in [4.69, 9.17) is 43.4 Å². The largest absolute Gasteiger partial charge is 0.481 e. The normalized spacial score (nSPS) is 22.2. The number of nitrogens with one attached hydrogen (secondary N) is 3. The van der Waals surface area contributed by atoms with Crippen LogP contribution in [-0.4, -0.2) is 214 Å². The Balaban J connectivity index is 0.000000178. The van der Waals surface area contributed by atoms with Crippen molar-refractivity contribution >= 4 is 135 Å². The number of carboxylic acids is 3. The third-order valence-corrected chi connectivity index (χ3v) is 23.5. The molecular formula is C76H86Br3F3N12O15S3. The lowest BCUT2D eigenvalue weighted by molar-refractivity contribution is -0.141. The Morgan fingerprint density at radius 2 is 0.920 bits per heavy atom. The van der Waals surface area contributed by atoms with Crippen molar-refractivity contribution in [1.29, 1.82) is 0 Å². The maximum absolute atomic E-state index is 14.0. The second kappa shape index (κ2) is 40.8. The number of hydrogen-bond donors (Lipinski definition) is 6. The average molecular weight is 1800 g/mol. The van der Waals surface area contributed by atoms with Crippen LogP contribution in [0.5, 0.6) is 0 Å². The van der Waals surface area contributed by atoms with Crippen LogP contribution in [0.3, 0.4) is 0 Å². The highest BCUT2D eigenvalue weighted by Gasteiger charge is 2.42. The molecule has 112 heavy (non-hydrogen) atoms. The highest BCUT2D eigenvalue weighted by atomic mass is 79.9. The molecule has 36 heteroatoms. The van der Waals surface area contributed by atoms with Crippen LogP contribution in [0.1, 0.15) is 124 Å². The fourth-order valence-electron chi connectivity index (χ4n) is 14.1. The van der Waals surface area contributed by atoms with Gasteiger partial charge >= 0.3 is 35.8 Å². The summed E-state index contributed by atoms with van der Waals surface area (Å²) in [7, 11) is 0. The molecule has 0 aliphatic carbocycles. The smallest absolute Gasteiger partial charge is 0.338 e. The van der Waals surface area contributed by atoms with Crippen molar-refractivity contribution in [1.82, 2.24) is 45.6 Å². The van der Waals surface area contributed by atoms with Crippen molar-refractivity contribution in [3.8, 4) is 0 Å². The van der Waals surface area contributed by atoms with Gasteiger partial charge in [-0.05, 0) is 106 Å². The lowest BCUT2D eigenvalue weighted by Crippen LogP contribution is -2.55. The molecule has 0 spiro atoms. The number of morpholine rings is 3. The van der Waals surface area contributed by atoms with Gasteiger partial charge in [-0.2, -0.15) is 0 Å². The third-order valence-electron chi connectivity index (χ3n) is 19.1. The van der Waals surface area contributed by atoms with Crippen LogP contribution in [0.25, 0.3) is 0 Å². The van der Waals surface area contributed by atoms with Crippen LogP contribution in [0.4, 0.5) is 13.2 Å². The molecule has 6 aromatic rings. The Labute approximate surface area is 682 Å². The van der Waals surface area contributed by atoms with Gasteiger partial charge in [0, 0.05) is 136 Å². The number of carboxylic acid groups (broad SMARTS) is 3. The van der Waals surface area contributed by atoms with Crippen molar-refractivity contribution in [3.05, 3.63) is 186 Å². The number of aliphatic carboxylic acids is 3. The number of carbonyl (C=O) groups excluding carboxylic acids is 3. The van der Waals surface area contributed by atoms with E-state index in [0.29, 0.717) is 169 Å². The van der Waals surface area contributed by atoms with E-state index in [1.807, 2.05) is 43.8 Å². The van der Waals surface area contributed by atoms with Gasteiger partial charge in [-0.25, -0.2) is 42.5 Å². The first kappa shape index (κ1) is 86.4. The zero-order chi connectivity index (χ0) is 80.4. The highest BCUT2D eigenvalue weighted by molar-refractivity contribution is 9.11. The van der Waals surface area contributed by atoms with Gasteiger partial charge in [0.2, 0.25) is 0 Å². The molecule has 0 radical (unpaired) electrons.